The summed E-state index contributed by atoms with van der Waals surface area (Å²) < 4.78 is 0. The fraction of sp³-hybridized carbons (Fsp3) is 0.100. The van der Waals surface area contributed by atoms with E-state index in [0.29, 0.717) is 0 Å². The summed E-state index contributed by atoms with van der Waals surface area (Å²) >= 11 is 5.11. The van der Waals surface area contributed by atoms with E-state index in [-0.39, 0.29) is 0 Å². The zero-order valence-corrected chi connectivity index (χ0v) is 9.31. The van der Waals surface area contributed by atoms with E-state index in [0.717, 1.165) is 11.0 Å². The molecule has 0 N–H and O–H groups in total. The van der Waals surface area contributed by atoms with E-state index in [1.807, 2.05) is 12.3 Å². The van der Waals surface area contributed by atoms with E-state index in [9.17, 15) is 0 Å². The Balaban J connectivity index is 2.33. The maximum atomic E-state index is 4.37. The van der Waals surface area contributed by atoms with Gasteiger partial charge in [0.05, 0.1) is 10.6 Å². The van der Waals surface area contributed by atoms with Crippen molar-refractivity contribution < 1.29 is 0 Å². The molecule has 0 fully saturated rings. The van der Waals surface area contributed by atoms with Crippen LogP contribution in [0, 0.1) is 0 Å². The standard InChI is InChI=1S/C10H8BrNS/c11-6-8-3-4-9(12-7-8)10-2-1-5-13-10/h1-5,7H,6H2. The number of nitrogens with zero attached hydrogens (tertiary/aromatic N) is 1. The summed E-state index contributed by atoms with van der Waals surface area (Å²) in [5.74, 6) is 0. The van der Waals surface area contributed by atoms with Gasteiger partial charge < -0.3 is 0 Å². The Hall–Kier alpha value is -0.670. The average molecular weight is 254 g/mol. The zero-order valence-electron chi connectivity index (χ0n) is 6.90. The number of alkyl halides is 1. The largest absolute Gasteiger partial charge is 0.255 e. The molecule has 0 aliphatic heterocycles. The third-order valence-corrected chi connectivity index (χ3v) is 3.29. The number of halogens is 1. The van der Waals surface area contributed by atoms with Gasteiger partial charge in [-0.05, 0) is 23.1 Å². The number of aromatic nitrogens is 1. The predicted molar refractivity (Wildman–Crippen MR) is 60.2 cm³/mol. The van der Waals surface area contributed by atoms with Crippen molar-refractivity contribution in [2.45, 2.75) is 5.33 Å². The molecule has 66 valence electrons. The molecular weight excluding hydrogens is 246 g/mol. The normalized spacial score (nSPS) is 10.2. The second-order valence-corrected chi connectivity index (χ2v) is 4.17. The molecule has 0 atom stereocenters. The third-order valence-electron chi connectivity index (χ3n) is 1.75. The first-order valence-corrected chi connectivity index (χ1v) is 5.95. The highest BCUT2D eigenvalue weighted by Gasteiger charge is 1.98. The molecule has 0 bridgehead atoms. The number of hydrogen-bond donors (Lipinski definition) is 0. The minimum Gasteiger partial charge on any atom is -0.255 e. The first kappa shape index (κ1) is 8.91. The average Bonchev–Trinajstić information content (AvgIpc) is 2.71. The summed E-state index contributed by atoms with van der Waals surface area (Å²) in [4.78, 5) is 5.60. The maximum Gasteiger partial charge on any atom is 0.0801 e. The second-order valence-electron chi connectivity index (χ2n) is 2.66. The lowest BCUT2D eigenvalue weighted by atomic mass is 10.2. The highest BCUT2D eigenvalue weighted by Crippen LogP contribution is 2.22. The van der Waals surface area contributed by atoms with Crippen LogP contribution in [0.2, 0.25) is 0 Å². The molecule has 0 saturated heterocycles. The Labute approximate surface area is 89.6 Å². The van der Waals surface area contributed by atoms with Crippen molar-refractivity contribution >= 4 is 27.3 Å². The summed E-state index contributed by atoms with van der Waals surface area (Å²) in [6.45, 7) is 0. The van der Waals surface area contributed by atoms with E-state index in [1.54, 1.807) is 11.3 Å². The molecule has 2 rings (SSSR count). The first-order chi connectivity index (χ1) is 6.40. The smallest absolute Gasteiger partial charge is 0.0801 e. The van der Waals surface area contributed by atoms with E-state index >= 15 is 0 Å². The molecule has 0 aliphatic carbocycles. The quantitative estimate of drug-likeness (QED) is 0.744. The van der Waals surface area contributed by atoms with Crippen molar-refractivity contribution in [2.75, 3.05) is 0 Å². The Morgan fingerprint density at radius 3 is 2.77 bits per heavy atom. The van der Waals surface area contributed by atoms with E-state index in [1.165, 1.54) is 10.4 Å². The van der Waals surface area contributed by atoms with Gasteiger partial charge in [0, 0.05) is 11.5 Å². The second kappa shape index (κ2) is 4.03. The van der Waals surface area contributed by atoms with Crippen molar-refractivity contribution in [1.29, 1.82) is 0 Å². The topological polar surface area (TPSA) is 12.9 Å². The molecule has 0 aromatic carbocycles. The SMILES string of the molecule is BrCc1ccc(-c2cccs2)nc1. The first-order valence-electron chi connectivity index (χ1n) is 3.95. The zero-order chi connectivity index (χ0) is 9.10. The van der Waals surface area contributed by atoms with Gasteiger partial charge in [-0.25, -0.2) is 0 Å². The molecule has 0 radical (unpaired) electrons. The Kier molecular flexibility index (Phi) is 2.76. The molecule has 3 heteroatoms. The molecule has 0 saturated carbocycles. The molecule has 13 heavy (non-hydrogen) atoms. The summed E-state index contributed by atoms with van der Waals surface area (Å²) in [7, 11) is 0. The summed E-state index contributed by atoms with van der Waals surface area (Å²) in [6, 6.07) is 8.28. The lowest BCUT2D eigenvalue weighted by Crippen LogP contribution is -1.82. The Morgan fingerprint density at radius 2 is 2.23 bits per heavy atom. The lowest BCUT2D eigenvalue weighted by Gasteiger charge is -1.97. The van der Waals surface area contributed by atoms with Gasteiger partial charge in [-0.15, -0.1) is 11.3 Å². The monoisotopic (exact) mass is 253 g/mol. The molecule has 1 nitrogen and oxygen atoms in total. The van der Waals surface area contributed by atoms with Crippen LogP contribution in [0.5, 0.6) is 0 Å². The van der Waals surface area contributed by atoms with Gasteiger partial charge in [-0.2, -0.15) is 0 Å². The van der Waals surface area contributed by atoms with E-state index < -0.39 is 0 Å². The molecule has 0 amide bonds. The molecule has 0 spiro atoms. The number of rotatable bonds is 2. The van der Waals surface area contributed by atoms with Gasteiger partial charge in [0.1, 0.15) is 0 Å². The van der Waals surface area contributed by atoms with Crippen molar-refractivity contribution in [3.63, 3.8) is 0 Å². The highest BCUT2D eigenvalue weighted by molar-refractivity contribution is 9.08. The van der Waals surface area contributed by atoms with Crippen LogP contribution in [0.4, 0.5) is 0 Å². The Morgan fingerprint density at radius 1 is 1.31 bits per heavy atom. The highest BCUT2D eigenvalue weighted by atomic mass is 79.9. The van der Waals surface area contributed by atoms with Crippen LogP contribution in [-0.4, -0.2) is 4.98 Å². The number of thiophene rings is 1. The molecule has 0 unspecified atom stereocenters. The fourth-order valence-corrected chi connectivity index (χ4v) is 2.11. The Bertz CT molecular complexity index is 366. The van der Waals surface area contributed by atoms with Crippen LogP contribution in [0.15, 0.2) is 35.8 Å². The number of pyridine rings is 1. The van der Waals surface area contributed by atoms with E-state index in [4.69, 9.17) is 0 Å². The van der Waals surface area contributed by atoms with Gasteiger partial charge >= 0.3 is 0 Å². The van der Waals surface area contributed by atoms with Crippen molar-refractivity contribution in [2.24, 2.45) is 0 Å². The van der Waals surface area contributed by atoms with E-state index in [2.05, 4.69) is 44.5 Å². The molecular formula is C10H8BrNS. The minimum absolute atomic E-state index is 0.866. The van der Waals surface area contributed by atoms with Gasteiger partial charge in [0.15, 0.2) is 0 Å². The summed E-state index contributed by atoms with van der Waals surface area (Å²) in [5.41, 5.74) is 2.26. The van der Waals surface area contributed by atoms with Gasteiger partial charge in [-0.1, -0.05) is 28.1 Å². The summed E-state index contributed by atoms with van der Waals surface area (Å²) in [6.07, 6.45) is 1.91. The molecule has 0 aliphatic rings. The van der Waals surface area contributed by atoms with Gasteiger partial charge in [-0.3, -0.25) is 4.98 Å². The maximum absolute atomic E-state index is 4.37. The molecule has 2 aromatic rings. The van der Waals surface area contributed by atoms with Crippen LogP contribution >= 0.6 is 27.3 Å². The van der Waals surface area contributed by atoms with Gasteiger partial charge in [0.2, 0.25) is 0 Å². The van der Waals surface area contributed by atoms with Crippen molar-refractivity contribution in [3.05, 3.63) is 41.4 Å². The van der Waals surface area contributed by atoms with Crippen LogP contribution in [0.3, 0.4) is 0 Å². The van der Waals surface area contributed by atoms with Crippen LogP contribution < -0.4 is 0 Å². The lowest BCUT2D eigenvalue weighted by molar-refractivity contribution is 1.27. The van der Waals surface area contributed by atoms with Crippen LogP contribution in [0.25, 0.3) is 10.6 Å². The summed E-state index contributed by atoms with van der Waals surface area (Å²) in [5, 5.41) is 2.93. The van der Waals surface area contributed by atoms with Gasteiger partial charge in [0.25, 0.3) is 0 Å². The molecule has 2 heterocycles. The molecule has 2 aromatic heterocycles. The number of hydrogen-bond acceptors (Lipinski definition) is 2. The van der Waals surface area contributed by atoms with Crippen molar-refractivity contribution in [3.8, 4) is 10.6 Å². The van der Waals surface area contributed by atoms with Crippen LogP contribution in [0.1, 0.15) is 5.56 Å². The predicted octanol–water partition coefficient (Wildman–Crippen LogP) is 3.71. The minimum atomic E-state index is 0.866. The van der Waals surface area contributed by atoms with Crippen LogP contribution in [-0.2, 0) is 5.33 Å². The van der Waals surface area contributed by atoms with Crippen molar-refractivity contribution in [1.82, 2.24) is 4.98 Å². The fourth-order valence-electron chi connectivity index (χ4n) is 1.07. The third kappa shape index (κ3) is 1.98.